The number of aromatic nitrogens is 1. The molecule has 0 aliphatic rings. The third kappa shape index (κ3) is 3.10. The van der Waals surface area contributed by atoms with Gasteiger partial charge in [0.05, 0.1) is 5.69 Å². The first-order valence-corrected chi connectivity index (χ1v) is 6.01. The zero-order chi connectivity index (χ0) is 10.6. The summed E-state index contributed by atoms with van der Waals surface area (Å²) in [5.74, 6) is 2.35. The van der Waals surface area contributed by atoms with Crippen molar-refractivity contribution in [1.82, 2.24) is 4.98 Å². The van der Waals surface area contributed by atoms with Crippen LogP contribution in [0.15, 0.2) is 16.6 Å². The number of allylic oxidation sites excluding steroid dienone is 1. The molecule has 1 aromatic heterocycles. The molecule has 4 heteroatoms. The second kappa shape index (κ2) is 5.10. The van der Waals surface area contributed by atoms with Crippen molar-refractivity contribution in [2.45, 2.75) is 26.5 Å². The Morgan fingerprint density at radius 3 is 2.71 bits per heavy atom. The Balaban J connectivity index is 2.56. The van der Waals surface area contributed by atoms with E-state index in [1.807, 2.05) is 32.9 Å². The first-order chi connectivity index (χ1) is 6.63. The van der Waals surface area contributed by atoms with E-state index in [1.165, 1.54) is 0 Å². The lowest BCUT2D eigenvalue weighted by Gasteiger charge is -1.93. The van der Waals surface area contributed by atoms with Crippen molar-refractivity contribution in [3.8, 4) is 0 Å². The first-order valence-electron chi connectivity index (χ1n) is 4.52. The van der Waals surface area contributed by atoms with Gasteiger partial charge in [0, 0.05) is 16.6 Å². The first kappa shape index (κ1) is 11.2. The highest BCUT2D eigenvalue weighted by Gasteiger charge is 2.08. The Morgan fingerprint density at radius 1 is 1.50 bits per heavy atom. The van der Waals surface area contributed by atoms with Gasteiger partial charge in [-0.05, 0) is 20.8 Å². The highest BCUT2D eigenvalue weighted by Crippen LogP contribution is 2.10. The third-order valence-electron chi connectivity index (χ3n) is 1.88. The molecule has 1 atom stereocenters. The molecule has 0 amide bonds. The second-order valence-electron chi connectivity index (χ2n) is 3.07. The van der Waals surface area contributed by atoms with E-state index < -0.39 is 10.8 Å². The monoisotopic (exact) mass is 213 g/mol. The number of nitrogens with zero attached hydrogens (tertiary/aromatic N) is 1. The van der Waals surface area contributed by atoms with Crippen LogP contribution >= 0.6 is 0 Å². The zero-order valence-corrected chi connectivity index (χ0v) is 9.56. The molecule has 0 aromatic carbocycles. The number of aryl methyl sites for hydroxylation is 2. The maximum absolute atomic E-state index is 11.5. The van der Waals surface area contributed by atoms with Gasteiger partial charge in [-0.25, -0.2) is 4.98 Å². The van der Waals surface area contributed by atoms with Crippen LogP contribution in [0.3, 0.4) is 0 Å². The van der Waals surface area contributed by atoms with Crippen LogP contribution in [-0.2, 0) is 16.6 Å². The Hall–Kier alpha value is -0.900. The van der Waals surface area contributed by atoms with Gasteiger partial charge in [-0.15, -0.1) is 0 Å². The normalized spacial score (nSPS) is 13.6. The van der Waals surface area contributed by atoms with Gasteiger partial charge >= 0.3 is 0 Å². The van der Waals surface area contributed by atoms with Crippen LogP contribution < -0.4 is 0 Å². The summed E-state index contributed by atoms with van der Waals surface area (Å²) in [7, 11) is -0.909. The molecular formula is C10H15NO2S. The van der Waals surface area contributed by atoms with Crippen molar-refractivity contribution in [1.29, 1.82) is 0 Å². The standard InChI is InChI=1S/C10H15NO2S/c1-4-5-6-14(12)7-10-11-8(2)9(3)13-10/h4-5H,6-7H2,1-3H3/b5-4+. The lowest BCUT2D eigenvalue weighted by Crippen LogP contribution is -1.98. The summed E-state index contributed by atoms with van der Waals surface area (Å²) in [5.41, 5.74) is 0.878. The predicted molar refractivity (Wildman–Crippen MR) is 57.5 cm³/mol. The van der Waals surface area contributed by atoms with Gasteiger partial charge in [-0.1, -0.05) is 12.2 Å². The van der Waals surface area contributed by atoms with E-state index in [0.717, 1.165) is 11.5 Å². The molecule has 14 heavy (non-hydrogen) atoms. The van der Waals surface area contributed by atoms with E-state index in [9.17, 15) is 4.21 Å². The van der Waals surface area contributed by atoms with Crippen LogP contribution in [-0.4, -0.2) is 14.9 Å². The molecule has 1 heterocycles. The molecule has 1 rings (SSSR count). The van der Waals surface area contributed by atoms with E-state index in [0.29, 0.717) is 17.4 Å². The van der Waals surface area contributed by atoms with Gasteiger partial charge in [0.1, 0.15) is 11.5 Å². The summed E-state index contributed by atoms with van der Waals surface area (Å²) in [6, 6.07) is 0. The fourth-order valence-electron chi connectivity index (χ4n) is 1.00. The van der Waals surface area contributed by atoms with Gasteiger partial charge in [0.2, 0.25) is 5.89 Å². The predicted octanol–water partition coefficient (Wildman–Crippen LogP) is 2.12. The van der Waals surface area contributed by atoms with Crippen LogP contribution in [0.4, 0.5) is 0 Å². The van der Waals surface area contributed by atoms with Gasteiger partial charge in [0.15, 0.2) is 0 Å². The second-order valence-corrected chi connectivity index (χ2v) is 4.57. The largest absolute Gasteiger partial charge is 0.445 e. The molecule has 78 valence electrons. The smallest absolute Gasteiger partial charge is 0.207 e. The molecule has 0 saturated heterocycles. The van der Waals surface area contributed by atoms with Gasteiger partial charge in [-0.3, -0.25) is 4.21 Å². The molecule has 0 aliphatic carbocycles. The Bertz CT molecular complexity index is 336. The van der Waals surface area contributed by atoms with Crippen molar-refractivity contribution in [3.05, 3.63) is 29.5 Å². The maximum Gasteiger partial charge on any atom is 0.207 e. The summed E-state index contributed by atoms with van der Waals surface area (Å²) >= 11 is 0. The summed E-state index contributed by atoms with van der Waals surface area (Å²) in [5, 5.41) is 0. The highest BCUT2D eigenvalue weighted by atomic mass is 32.2. The molecule has 1 aromatic rings. The molecule has 3 nitrogen and oxygen atoms in total. The van der Waals surface area contributed by atoms with Crippen molar-refractivity contribution < 1.29 is 8.63 Å². The van der Waals surface area contributed by atoms with Gasteiger partial charge in [-0.2, -0.15) is 0 Å². The SMILES string of the molecule is C/C=C/CS(=O)Cc1nc(C)c(C)o1. The molecule has 0 N–H and O–H groups in total. The maximum atomic E-state index is 11.5. The van der Waals surface area contributed by atoms with Crippen molar-refractivity contribution >= 4 is 10.8 Å². The number of hydrogen-bond acceptors (Lipinski definition) is 3. The molecular weight excluding hydrogens is 198 g/mol. The Labute approximate surface area is 86.7 Å². The minimum atomic E-state index is -0.909. The van der Waals surface area contributed by atoms with E-state index in [2.05, 4.69) is 4.98 Å². The van der Waals surface area contributed by atoms with Crippen LogP contribution in [0.1, 0.15) is 24.3 Å². The molecule has 1 unspecified atom stereocenters. The lowest BCUT2D eigenvalue weighted by molar-refractivity contribution is 0.488. The molecule has 0 aliphatic heterocycles. The minimum absolute atomic E-state index is 0.402. The summed E-state index contributed by atoms with van der Waals surface area (Å²) in [6.45, 7) is 5.66. The van der Waals surface area contributed by atoms with E-state index >= 15 is 0 Å². The fraction of sp³-hybridized carbons (Fsp3) is 0.500. The van der Waals surface area contributed by atoms with Gasteiger partial charge in [0.25, 0.3) is 0 Å². The highest BCUT2D eigenvalue weighted by molar-refractivity contribution is 7.84. The van der Waals surface area contributed by atoms with Crippen LogP contribution in [0.25, 0.3) is 0 Å². The van der Waals surface area contributed by atoms with Gasteiger partial charge < -0.3 is 4.42 Å². The topological polar surface area (TPSA) is 43.1 Å². The summed E-state index contributed by atoms with van der Waals surface area (Å²) in [4.78, 5) is 4.17. The molecule has 0 spiro atoms. The number of hydrogen-bond donors (Lipinski definition) is 0. The van der Waals surface area contributed by atoms with Crippen molar-refractivity contribution in [3.63, 3.8) is 0 Å². The quantitative estimate of drug-likeness (QED) is 0.719. The molecule has 0 fully saturated rings. The number of oxazole rings is 1. The van der Waals surface area contributed by atoms with E-state index in [1.54, 1.807) is 0 Å². The Kier molecular flexibility index (Phi) is 4.07. The van der Waals surface area contributed by atoms with Crippen molar-refractivity contribution in [2.75, 3.05) is 5.75 Å². The molecule has 0 saturated carbocycles. The number of rotatable bonds is 4. The average Bonchev–Trinajstić information content (AvgIpc) is 2.42. The van der Waals surface area contributed by atoms with E-state index in [-0.39, 0.29) is 0 Å². The molecule has 0 bridgehead atoms. The van der Waals surface area contributed by atoms with Crippen molar-refractivity contribution in [2.24, 2.45) is 0 Å². The zero-order valence-electron chi connectivity index (χ0n) is 8.74. The summed E-state index contributed by atoms with van der Waals surface area (Å²) in [6.07, 6.45) is 3.78. The summed E-state index contributed by atoms with van der Waals surface area (Å²) < 4.78 is 16.8. The van der Waals surface area contributed by atoms with Crippen LogP contribution in [0, 0.1) is 13.8 Å². The third-order valence-corrected chi connectivity index (χ3v) is 3.01. The van der Waals surface area contributed by atoms with Crippen LogP contribution in [0.2, 0.25) is 0 Å². The fourth-order valence-corrected chi connectivity index (χ4v) is 1.92. The average molecular weight is 213 g/mol. The molecule has 0 radical (unpaired) electrons. The lowest BCUT2D eigenvalue weighted by atomic mass is 10.4. The van der Waals surface area contributed by atoms with Crippen LogP contribution in [0.5, 0.6) is 0 Å². The van der Waals surface area contributed by atoms with E-state index in [4.69, 9.17) is 4.42 Å². The Morgan fingerprint density at radius 2 is 2.21 bits per heavy atom. The minimum Gasteiger partial charge on any atom is -0.445 e.